The zero-order chi connectivity index (χ0) is 23.4. The van der Waals surface area contributed by atoms with E-state index in [9.17, 15) is 19.8 Å². The molecule has 4 N–H and O–H groups in total. The molecule has 2 saturated heterocycles. The van der Waals surface area contributed by atoms with Crippen LogP contribution in [-0.4, -0.2) is 69.7 Å². The highest BCUT2D eigenvalue weighted by Gasteiger charge is 2.41. The molecule has 2 aliphatic heterocycles. The van der Waals surface area contributed by atoms with E-state index in [1.165, 1.54) is 5.56 Å². The molecule has 7 nitrogen and oxygen atoms in total. The molecule has 0 spiro atoms. The number of primary amides is 1. The summed E-state index contributed by atoms with van der Waals surface area (Å²) in [7, 11) is 0. The average molecular weight is 452 g/mol. The number of piperidine rings is 1. The predicted octanol–water partition coefficient (Wildman–Crippen LogP) is 1.88. The summed E-state index contributed by atoms with van der Waals surface area (Å²) in [5, 5.41) is 19.2. The number of hydrogen-bond acceptors (Lipinski definition) is 5. The average Bonchev–Trinajstić information content (AvgIpc) is 3.07. The van der Waals surface area contributed by atoms with Gasteiger partial charge >= 0.3 is 0 Å². The van der Waals surface area contributed by atoms with Crippen LogP contribution in [0.4, 0.5) is 0 Å². The van der Waals surface area contributed by atoms with Gasteiger partial charge in [-0.3, -0.25) is 14.5 Å². The minimum Gasteiger partial charge on any atom is -0.393 e. The van der Waals surface area contributed by atoms with Gasteiger partial charge in [0.05, 0.1) is 6.61 Å². The largest absolute Gasteiger partial charge is 0.393 e. The molecule has 2 bridgehead atoms. The first-order valence-corrected chi connectivity index (χ1v) is 11.7. The standard InChI is InChI=1S/C26H33N3O4/c27-25(32)20-8-4-7-19(13-20)21-14-22-9-10-23(15-21)29(22)12-11-28(26(33)24(31)17-30)16-18-5-2-1-3-6-18/h1-8,13,21-24,30-31H,9-12,14-17H2,(H2,27,32)/t21?,22?,23?,24-/m0/s1. The van der Waals surface area contributed by atoms with Crippen LogP contribution in [0.15, 0.2) is 54.6 Å². The molecule has 33 heavy (non-hydrogen) atoms. The number of benzene rings is 2. The second-order valence-electron chi connectivity index (χ2n) is 9.22. The molecule has 2 amide bonds. The van der Waals surface area contributed by atoms with Gasteiger partial charge in [0.2, 0.25) is 5.91 Å². The van der Waals surface area contributed by atoms with Gasteiger partial charge in [-0.25, -0.2) is 0 Å². The number of amides is 2. The third-order valence-corrected chi connectivity index (χ3v) is 7.14. The topological polar surface area (TPSA) is 107 Å². The maximum Gasteiger partial charge on any atom is 0.254 e. The van der Waals surface area contributed by atoms with Gasteiger partial charge in [0, 0.05) is 37.3 Å². The number of rotatable bonds is 9. The van der Waals surface area contributed by atoms with E-state index in [-0.39, 0.29) is 0 Å². The summed E-state index contributed by atoms with van der Waals surface area (Å²) >= 11 is 0. The fourth-order valence-electron chi connectivity index (χ4n) is 5.45. The predicted molar refractivity (Wildman–Crippen MR) is 125 cm³/mol. The molecule has 2 aromatic carbocycles. The highest BCUT2D eigenvalue weighted by Crippen LogP contribution is 2.43. The SMILES string of the molecule is NC(=O)c1cccc(C2CC3CCC(C2)N3CCN(Cc2ccccc2)C(=O)[C@@H](O)CO)c1. The van der Waals surface area contributed by atoms with Crippen molar-refractivity contribution in [3.05, 3.63) is 71.3 Å². The third kappa shape index (κ3) is 5.43. The second-order valence-corrected chi connectivity index (χ2v) is 9.22. The van der Waals surface area contributed by atoms with Crippen molar-refractivity contribution >= 4 is 11.8 Å². The molecular weight excluding hydrogens is 418 g/mol. The van der Waals surface area contributed by atoms with Crippen molar-refractivity contribution in [2.24, 2.45) is 5.73 Å². The maximum atomic E-state index is 12.7. The van der Waals surface area contributed by atoms with Crippen molar-refractivity contribution in [2.45, 2.75) is 56.3 Å². The summed E-state index contributed by atoms with van der Waals surface area (Å²) < 4.78 is 0. The summed E-state index contributed by atoms with van der Waals surface area (Å²) in [5.41, 5.74) is 8.19. The molecule has 0 saturated carbocycles. The molecule has 176 valence electrons. The highest BCUT2D eigenvalue weighted by atomic mass is 16.3. The Kier molecular flexibility index (Phi) is 7.42. The molecule has 7 heteroatoms. The van der Waals surface area contributed by atoms with Crippen LogP contribution >= 0.6 is 0 Å². The van der Waals surface area contributed by atoms with Gasteiger partial charge < -0.3 is 20.8 Å². The molecular formula is C26H33N3O4. The quantitative estimate of drug-likeness (QED) is 0.540. The Morgan fingerprint density at radius 2 is 1.76 bits per heavy atom. The number of carbonyl (C=O) groups excluding carboxylic acids is 2. The van der Waals surface area contributed by atoms with Crippen LogP contribution in [0.1, 0.15) is 53.1 Å². The minimum atomic E-state index is -1.39. The van der Waals surface area contributed by atoms with Crippen molar-refractivity contribution < 1.29 is 19.8 Å². The molecule has 3 atom stereocenters. The molecule has 2 aromatic rings. The van der Waals surface area contributed by atoms with Crippen LogP contribution in [0.3, 0.4) is 0 Å². The van der Waals surface area contributed by atoms with E-state index in [2.05, 4.69) is 11.0 Å². The summed E-state index contributed by atoms with van der Waals surface area (Å²) in [5.74, 6) is -0.436. The van der Waals surface area contributed by atoms with E-state index in [4.69, 9.17) is 5.73 Å². The van der Waals surface area contributed by atoms with Crippen LogP contribution in [0.25, 0.3) is 0 Å². The van der Waals surface area contributed by atoms with E-state index in [1.807, 2.05) is 42.5 Å². The van der Waals surface area contributed by atoms with Gasteiger partial charge in [-0.05, 0) is 54.9 Å². The van der Waals surface area contributed by atoms with Gasteiger partial charge in [0.25, 0.3) is 5.91 Å². The normalized spacial score (nSPS) is 23.3. The summed E-state index contributed by atoms with van der Waals surface area (Å²) in [6, 6.07) is 18.3. The lowest BCUT2D eigenvalue weighted by Crippen LogP contribution is -2.48. The Labute approximate surface area is 194 Å². The first kappa shape index (κ1) is 23.4. The van der Waals surface area contributed by atoms with Crippen LogP contribution < -0.4 is 5.73 Å². The fourth-order valence-corrected chi connectivity index (χ4v) is 5.45. The van der Waals surface area contributed by atoms with E-state index in [0.717, 1.165) is 37.8 Å². The highest BCUT2D eigenvalue weighted by molar-refractivity contribution is 5.92. The number of aliphatic hydroxyl groups excluding tert-OH is 2. The lowest BCUT2D eigenvalue weighted by molar-refractivity contribution is -0.143. The van der Waals surface area contributed by atoms with Gasteiger partial charge in [0.15, 0.2) is 6.10 Å². The maximum absolute atomic E-state index is 12.7. The third-order valence-electron chi connectivity index (χ3n) is 7.14. The van der Waals surface area contributed by atoms with Crippen molar-refractivity contribution in [3.8, 4) is 0 Å². The smallest absolute Gasteiger partial charge is 0.254 e. The molecule has 2 fully saturated rings. The zero-order valence-corrected chi connectivity index (χ0v) is 18.8. The molecule has 0 aliphatic carbocycles. The van der Waals surface area contributed by atoms with Gasteiger partial charge in [0.1, 0.15) is 0 Å². The minimum absolute atomic E-state index is 0.398. The Bertz CT molecular complexity index is 953. The molecule has 2 aliphatic rings. The Morgan fingerprint density at radius 3 is 2.39 bits per heavy atom. The molecule has 4 rings (SSSR count). The number of nitrogens with two attached hydrogens (primary N) is 1. The lowest BCUT2D eigenvalue weighted by Gasteiger charge is -2.40. The first-order chi connectivity index (χ1) is 16.0. The van der Waals surface area contributed by atoms with Crippen LogP contribution in [0, 0.1) is 0 Å². The number of aliphatic hydroxyl groups is 2. The summed E-state index contributed by atoms with van der Waals surface area (Å²) in [4.78, 5) is 28.5. The zero-order valence-electron chi connectivity index (χ0n) is 18.8. The first-order valence-electron chi connectivity index (χ1n) is 11.7. The molecule has 2 unspecified atom stereocenters. The Hall–Kier alpha value is -2.74. The molecule has 0 radical (unpaired) electrons. The number of nitrogens with zero attached hydrogens (tertiary/aromatic N) is 2. The van der Waals surface area contributed by atoms with Gasteiger partial charge in [-0.15, -0.1) is 0 Å². The van der Waals surface area contributed by atoms with Gasteiger partial charge in [-0.2, -0.15) is 0 Å². The molecule has 0 aromatic heterocycles. The lowest BCUT2D eigenvalue weighted by atomic mass is 9.84. The van der Waals surface area contributed by atoms with Crippen molar-refractivity contribution in [1.29, 1.82) is 0 Å². The number of fused-ring (bicyclic) bond motifs is 2. The summed E-state index contributed by atoms with van der Waals surface area (Å²) in [6.07, 6.45) is 2.90. The van der Waals surface area contributed by atoms with E-state index >= 15 is 0 Å². The van der Waals surface area contributed by atoms with E-state index < -0.39 is 24.5 Å². The van der Waals surface area contributed by atoms with Crippen molar-refractivity contribution in [1.82, 2.24) is 9.80 Å². The van der Waals surface area contributed by atoms with Crippen molar-refractivity contribution in [3.63, 3.8) is 0 Å². The monoisotopic (exact) mass is 451 g/mol. The second kappa shape index (κ2) is 10.5. The van der Waals surface area contributed by atoms with E-state index in [1.54, 1.807) is 11.0 Å². The Morgan fingerprint density at radius 1 is 1.06 bits per heavy atom. The van der Waals surface area contributed by atoms with Gasteiger partial charge in [-0.1, -0.05) is 42.5 Å². The summed E-state index contributed by atoms with van der Waals surface area (Å²) in [6.45, 7) is 1.06. The van der Waals surface area contributed by atoms with Crippen molar-refractivity contribution in [2.75, 3.05) is 19.7 Å². The number of hydrogen-bond donors (Lipinski definition) is 3. The number of carbonyl (C=O) groups is 2. The van der Waals surface area contributed by atoms with Crippen LogP contribution in [-0.2, 0) is 11.3 Å². The Balaban J connectivity index is 1.42. The van der Waals surface area contributed by atoms with Crippen LogP contribution in [0.2, 0.25) is 0 Å². The van der Waals surface area contributed by atoms with E-state index in [0.29, 0.717) is 36.7 Å². The molecule has 2 heterocycles. The fraction of sp³-hybridized carbons (Fsp3) is 0.462. The van der Waals surface area contributed by atoms with Crippen LogP contribution in [0.5, 0.6) is 0 Å².